The lowest BCUT2D eigenvalue weighted by molar-refractivity contribution is -0.139. The second-order valence-electron chi connectivity index (χ2n) is 5.02. The van der Waals surface area contributed by atoms with Gasteiger partial charge in [0.1, 0.15) is 0 Å². The lowest BCUT2D eigenvalue weighted by atomic mass is 9.95. The first-order chi connectivity index (χ1) is 10.9. The summed E-state index contributed by atoms with van der Waals surface area (Å²) >= 11 is 12.0. The Kier molecular flexibility index (Phi) is 5.55. The summed E-state index contributed by atoms with van der Waals surface area (Å²) in [5, 5.41) is 3.59. The van der Waals surface area contributed by atoms with E-state index >= 15 is 0 Å². The van der Waals surface area contributed by atoms with Crippen LogP contribution in [0.4, 0.5) is 4.79 Å². The topological polar surface area (TPSA) is 58.6 Å². The number of hydrogen-bond donors (Lipinski definition) is 1. The molecule has 0 radical (unpaired) electrons. The highest BCUT2D eigenvalue weighted by molar-refractivity contribution is 6.42. The zero-order valence-electron chi connectivity index (χ0n) is 13.2. The van der Waals surface area contributed by atoms with E-state index in [4.69, 9.17) is 27.9 Å². The Bertz CT molecular complexity index is 673. The smallest absolute Gasteiger partial charge is 0.338 e. The molecule has 0 bridgehead atoms. The molecule has 0 fully saturated rings. The summed E-state index contributed by atoms with van der Waals surface area (Å²) in [5.74, 6) is -0.459. The van der Waals surface area contributed by atoms with Gasteiger partial charge in [0.2, 0.25) is 0 Å². The molecule has 0 saturated heterocycles. The molecule has 1 heterocycles. The fourth-order valence-corrected chi connectivity index (χ4v) is 2.88. The monoisotopic (exact) mass is 356 g/mol. The summed E-state index contributed by atoms with van der Waals surface area (Å²) in [6.07, 6.45) is 0. The van der Waals surface area contributed by atoms with E-state index in [9.17, 15) is 9.59 Å². The molecule has 1 N–H and O–H groups in total. The van der Waals surface area contributed by atoms with E-state index in [0.29, 0.717) is 33.4 Å². The first-order valence-electron chi connectivity index (χ1n) is 7.31. The average Bonchev–Trinajstić information content (AvgIpc) is 2.50. The number of allylic oxidation sites excluding steroid dienone is 1. The molecule has 1 atom stereocenters. The number of rotatable bonds is 4. The van der Waals surface area contributed by atoms with Crippen molar-refractivity contribution in [2.75, 3.05) is 13.2 Å². The second kappa shape index (κ2) is 7.23. The molecule has 0 aliphatic carbocycles. The van der Waals surface area contributed by atoms with Gasteiger partial charge in [0.25, 0.3) is 0 Å². The Morgan fingerprint density at radius 2 is 2.00 bits per heavy atom. The molecule has 1 aliphatic heterocycles. The van der Waals surface area contributed by atoms with E-state index in [-0.39, 0.29) is 12.6 Å². The molecule has 1 aromatic rings. The first-order valence-corrected chi connectivity index (χ1v) is 8.07. The van der Waals surface area contributed by atoms with Crippen molar-refractivity contribution in [2.24, 2.45) is 0 Å². The molecule has 0 aromatic heterocycles. The summed E-state index contributed by atoms with van der Waals surface area (Å²) in [6.45, 7) is 6.02. The number of carbonyl (C=O) groups excluding carboxylic acids is 2. The van der Waals surface area contributed by atoms with Crippen molar-refractivity contribution >= 4 is 35.2 Å². The Morgan fingerprint density at radius 3 is 2.57 bits per heavy atom. The zero-order valence-corrected chi connectivity index (χ0v) is 14.7. The Morgan fingerprint density at radius 1 is 1.30 bits per heavy atom. The number of halogens is 2. The molecule has 1 aromatic carbocycles. The minimum absolute atomic E-state index is 0.254. The van der Waals surface area contributed by atoms with Crippen LogP contribution in [0.5, 0.6) is 0 Å². The molecular weight excluding hydrogens is 339 g/mol. The summed E-state index contributed by atoms with van der Waals surface area (Å²) in [4.78, 5) is 26.2. The lowest BCUT2D eigenvalue weighted by Crippen LogP contribution is -2.47. The van der Waals surface area contributed by atoms with Gasteiger partial charge >= 0.3 is 12.0 Å². The maximum atomic E-state index is 12.4. The van der Waals surface area contributed by atoms with Gasteiger partial charge in [-0.25, -0.2) is 9.59 Å². The van der Waals surface area contributed by atoms with Crippen LogP contribution in [0.15, 0.2) is 29.5 Å². The predicted octanol–water partition coefficient (Wildman–Crippen LogP) is 3.92. The molecular formula is C16H18Cl2N2O3. The van der Waals surface area contributed by atoms with Crippen molar-refractivity contribution in [1.82, 2.24) is 10.2 Å². The standard InChI is InChI=1S/C16H18Cl2N2O3/c1-4-20-9(3)13(15(21)23-5-2)14(19-16(20)22)10-6-7-11(17)12(18)8-10/h6-8,14H,4-5H2,1-3H3,(H,19,22)/t14-/m0/s1. The van der Waals surface area contributed by atoms with Crippen molar-refractivity contribution in [2.45, 2.75) is 26.8 Å². The zero-order chi connectivity index (χ0) is 17.1. The summed E-state index contributed by atoms with van der Waals surface area (Å²) in [5.41, 5.74) is 1.64. The van der Waals surface area contributed by atoms with Crippen molar-refractivity contribution < 1.29 is 14.3 Å². The number of carbonyl (C=O) groups is 2. The van der Waals surface area contributed by atoms with Crippen LogP contribution in [0.3, 0.4) is 0 Å². The largest absolute Gasteiger partial charge is 0.463 e. The maximum absolute atomic E-state index is 12.4. The van der Waals surface area contributed by atoms with Crippen molar-refractivity contribution in [1.29, 1.82) is 0 Å². The first kappa shape index (κ1) is 17.6. The fourth-order valence-electron chi connectivity index (χ4n) is 2.58. The van der Waals surface area contributed by atoms with Gasteiger partial charge in [-0.2, -0.15) is 0 Å². The van der Waals surface area contributed by atoms with Gasteiger partial charge in [-0.3, -0.25) is 4.90 Å². The average molecular weight is 357 g/mol. The number of amides is 2. The fraction of sp³-hybridized carbons (Fsp3) is 0.375. The predicted molar refractivity (Wildman–Crippen MR) is 89.4 cm³/mol. The van der Waals surface area contributed by atoms with E-state index in [1.165, 1.54) is 4.90 Å². The van der Waals surface area contributed by atoms with Gasteiger partial charge in [0.15, 0.2) is 0 Å². The molecule has 7 heteroatoms. The molecule has 124 valence electrons. The normalized spacial score (nSPS) is 18.0. The molecule has 2 amide bonds. The van der Waals surface area contributed by atoms with E-state index in [1.54, 1.807) is 32.0 Å². The Labute approximate surface area is 145 Å². The highest BCUT2D eigenvalue weighted by Gasteiger charge is 2.35. The molecule has 0 unspecified atom stereocenters. The third-order valence-corrected chi connectivity index (χ3v) is 4.42. The number of urea groups is 1. The number of benzene rings is 1. The van der Waals surface area contributed by atoms with Crippen LogP contribution in [-0.2, 0) is 9.53 Å². The van der Waals surface area contributed by atoms with Gasteiger partial charge in [0, 0.05) is 12.2 Å². The van der Waals surface area contributed by atoms with E-state index < -0.39 is 12.0 Å². The van der Waals surface area contributed by atoms with Gasteiger partial charge in [-0.1, -0.05) is 29.3 Å². The van der Waals surface area contributed by atoms with Gasteiger partial charge in [0.05, 0.1) is 28.3 Å². The minimum Gasteiger partial charge on any atom is -0.463 e. The van der Waals surface area contributed by atoms with Crippen LogP contribution in [0.1, 0.15) is 32.4 Å². The summed E-state index contributed by atoms with van der Waals surface area (Å²) in [7, 11) is 0. The maximum Gasteiger partial charge on any atom is 0.338 e. The summed E-state index contributed by atoms with van der Waals surface area (Å²) < 4.78 is 5.15. The Balaban J connectivity index is 2.54. The molecule has 0 saturated carbocycles. The third-order valence-electron chi connectivity index (χ3n) is 3.68. The van der Waals surface area contributed by atoms with Gasteiger partial charge in [-0.15, -0.1) is 0 Å². The SMILES string of the molecule is CCOC(=O)C1=C(C)N(CC)C(=O)N[C@H]1c1ccc(Cl)c(Cl)c1. The lowest BCUT2D eigenvalue weighted by Gasteiger charge is -2.34. The number of nitrogens with one attached hydrogen (secondary N) is 1. The van der Waals surface area contributed by atoms with Crippen LogP contribution in [0.25, 0.3) is 0 Å². The van der Waals surface area contributed by atoms with Crippen LogP contribution in [0.2, 0.25) is 10.0 Å². The van der Waals surface area contributed by atoms with Crippen molar-refractivity contribution in [3.63, 3.8) is 0 Å². The molecule has 2 rings (SSSR count). The van der Waals surface area contributed by atoms with Crippen molar-refractivity contribution in [3.05, 3.63) is 45.1 Å². The number of esters is 1. The number of nitrogens with zero attached hydrogens (tertiary/aromatic N) is 1. The van der Waals surface area contributed by atoms with Crippen LogP contribution in [-0.4, -0.2) is 30.1 Å². The molecule has 1 aliphatic rings. The highest BCUT2D eigenvalue weighted by Crippen LogP contribution is 2.34. The quantitative estimate of drug-likeness (QED) is 0.831. The van der Waals surface area contributed by atoms with Crippen LogP contribution >= 0.6 is 23.2 Å². The minimum atomic E-state index is -0.626. The Hall–Kier alpha value is -1.72. The van der Waals surface area contributed by atoms with Gasteiger partial charge in [-0.05, 0) is 38.5 Å². The molecule has 0 spiro atoms. The third kappa shape index (κ3) is 3.46. The van der Waals surface area contributed by atoms with E-state index in [2.05, 4.69) is 5.32 Å². The van der Waals surface area contributed by atoms with Crippen LogP contribution < -0.4 is 5.32 Å². The molecule has 23 heavy (non-hydrogen) atoms. The highest BCUT2D eigenvalue weighted by atomic mass is 35.5. The van der Waals surface area contributed by atoms with E-state index in [1.807, 2.05) is 6.92 Å². The number of ether oxygens (including phenoxy) is 1. The second-order valence-corrected chi connectivity index (χ2v) is 5.83. The summed E-state index contributed by atoms with van der Waals surface area (Å²) in [6, 6.07) is 4.11. The van der Waals surface area contributed by atoms with Crippen LogP contribution in [0, 0.1) is 0 Å². The van der Waals surface area contributed by atoms with Crippen molar-refractivity contribution in [3.8, 4) is 0 Å². The number of hydrogen-bond acceptors (Lipinski definition) is 3. The van der Waals surface area contributed by atoms with E-state index in [0.717, 1.165) is 0 Å². The molecule has 5 nitrogen and oxygen atoms in total. The van der Waals surface area contributed by atoms with Gasteiger partial charge < -0.3 is 10.1 Å².